The van der Waals surface area contributed by atoms with Crippen LogP contribution in [0.5, 0.6) is 17.2 Å². The van der Waals surface area contributed by atoms with Crippen molar-refractivity contribution in [1.29, 1.82) is 0 Å². The van der Waals surface area contributed by atoms with Crippen LogP contribution in [0, 0.1) is 0 Å². The van der Waals surface area contributed by atoms with Crippen molar-refractivity contribution in [3.05, 3.63) is 144 Å². The molecule has 4 amide bonds. The molecule has 3 saturated heterocycles. The van der Waals surface area contributed by atoms with Crippen LogP contribution in [0.3, 0.4) is 0 Å². The van der Waals surface area contributed by atoms with E-state index in [4.69, 9.17) is 9.47 Å². The molecular formula is C66H81F9N8O17S3. The number of alkyl halides is 9. The predicted molar refractivity (Wildman–Crippen MR) is 353 cm³/mol. The molecule has 3 heterocycles. The fourth-order valence-corrected chi connectivity index (χ4v) is 15.1. The minimum atomic E-state index is -4.94. The van der Waals surface area contributed by atoms with Crippen LogP contribution in [0.4, 0.5) is 49.1 Å². The van der Waals surface area contributed by atoms with E-state index >= 15 is 0 Å². The maximum absolute atomic E-state index is 13.5. The van der Waals surface area contributed by atoms with Gasteiger partial charge in [0.15, 0.2) is 0 Å². The topological polar surface area (TPSA) is 306 Å². The second-order valence-corrected chi connectivity index (χ2v) is 31.1. The Morgan fingerprint density at radius 2 is 0.748 bits per heavy atom. The number of halogens is 9. The van der Waals surface area contributed by atoms with Crippen LogP contribution < -0.4 is 30.2 Å². The monoisotopic (exact) mass is 1520 g/mol. The van der Waals surface area contributed by atoms with Gasteiger partial charge in [0, 0.05) is 65.4 Å². The van der Waals surface area contributed by atoms with Crippen LogP contribution in [0.25, 0.3) is 0 Å². The summed E-state index contributed by atoms with van der Waals surface area (Å²) < 4.78 is 215. The van der Waals surface area contributed by atoms with E-state index in [2.05, 4.69) is 44.0 Å². The Kier molecular flexibility index (Phi) is 28.2. The highest BCUT2D eigenvalue weighted by Crippen LogP contribution is 2.32. The number of hydrogen-bond donors (Lipinski definition) is 4. The van der Waals surface area contributed by atoms with Crippen molar-refractivity contribution in [2.24, 2.45) is 0 Å². The van der Waals surface area contributed by atoms with Gasteiger partial charge >= 0.3 is 37.2 Å². The molecule has 8 rings (SSSR count). The van der Waals surface area contributed by atoms with E-state index in [1.165, 1.54) is 10.5 Å². The number of amides is 4. The Balaban J connectivity index is 0.000000246. The molecule has 0 radical (unpaired) electrons. The molecule has 3 aliphatic rings. The van der Waals surface area contributed by atoms with E-state index in [1.807, 2.05) is 48.5 Å². The molecule has 3 aliphatic heterocycles. The van der Waals surface area contributed by atoms with E-state index in [0.717, 1.165) is 129 Å². The van der Waals surface area contributed by atoms with Gasteiger partial charge in [-0.1, -0.05) is 75.2 Å². The summed E-state index contributed by atoms with van der Waals surface area (Å²) in [6, 6.07) is 22.6. The molecule has 37 heteroatoms. The van der Waals surface area contributed by atoms with Crippen LogP contribution in [-0.2, 0) is 79.9 Å². The van der Waals surface area contributed by atoms with Crippen LogP contribution in [-0.4, -0.2) is 190 Å². The van der Waals surface area contributed by atoms with E-state index in [-0.39, 0.29) is 68.7 Å². The maximum Gasteiger partial charge on any atom is 0.573 e. The Hall–Kier alpha value is -8.49. The van der Waals surface area contributed by atoms with Crippen LogP contribution >= 0.6 is 0 Å². The largest absolute Gasteiger partial charge is 0.573 e. The molecule has 568 valence electrons. The molecule has 0 aliphatic carbocycles. The summed E-state index contributed by atoms with van der Waals surface area (Å²) in [6.45, 7) is 13.6. The standard InChI is InChI=1S/C27H34F3N3O6S.C22H26F3N3O4S.C17H21F3N2O7S/c1-5-6-19-7-9-20(10-8-19)17-31-24(34)23-18-32(25(35)39-26(2,3)4)15-16-33(23)40(36,37)22-13-11-21(12-14-22)38-27(28,29)30;1-2-3-16-4-6-17(7-5-16)14-27-21(29)20-15-26-12-13-28(20)33(30,31)19-10-8-18(9-11-19)32-22(23,24)25;1-16(2,3)29-15(25)21-8-9-22(13(10-21)14(23)24)30(26,27)12-6-4-11(5-7-12)28-17(18,19)20/h7-14,23H,5-6,15-18H2,1-4H3,(H,31,34);4-11,20,26H,2-3,12-15H2,1H3,(H,27,29);4-7,13H,8-10H2,1-3H3,(H,23,24)/t23-;20-;13-/m111/s1. The molecule has 5 aromatic rings. The van der Waals surface area contributed by atoms with Gasteiger partial charge in [-0.05, 0) is 149 Å². The number of benzene rings is 5. The molecule has 4 N–H and O–H groups in total. The summed E-state index contributed by atoms with van der Waals surface area (Å²) in [7, 11) is -12.8. The highest BCUT2D eigenvalue weighted by atomic mass is 32.2. The van der Waals surface area contributed by atoms with Gasteiger partial charge < -0.3 is 54.5 Å². The number of nitrogens with one attached hydrogen (secondary N) is 3. The van der Waals surface area contributed by atoms with Crippen LogP contribution in [0.2, 0.25) is 0 Å². The number of hydrogen-bond acceptors (Lipinski definition) is 17. The highest BCUT2D eigenvalue weighted by Gasteiger charge is 2.45. The van der Waals surface area contributed by atoms with Gasteiger partial charge in [-0.3, -0.25) is 14.4 Å². The number of carboxylic acid groups (broad SMARTS) is 1. The lowest BCUT2D eigenvalue weighted by Gasteiger charge is -2.39. The Morgan fingerprint density at radius 1 is 0.447 bits per heavy atom. The van der Waals surface area contributed by atoms with Gasteiger partial charge in [-0.15, -0.1) is 39.5 Å². The number of sulfonamides is 3. The van der Waals surface area contributed by atoms with Crippen molar-refractivity contribution in [3.8, 4) is 17.2 Å². The second kappa shape index (κ2) is 34.9. The zero-order valence-corrected chi connectivity index (χ0v) is 59.7. The van der Waals surface area contributed by atoms with Gasteiger partial charge in [-0.25, -0.2) is 34.8 Å². The third-order valence-electron chi connectivity index (χ3n) is 15.1. The number of ether oxygens (including phenoxy) is 5. The van der Waals surface area contributed by atoms with Gasteiger partial charge in [0.25, 0.3) is 0 Å². The predicted octanol–water partition coefficient (Wildman–Crippen LogP) is 9.56. The quantitative estimate of drug-likeness (QED) is 0.0527. The SMILES string of the molecule is CC(C)(C)OC(=O)N1CCN(S(=O)(=O)c2ccc(OC(F)(F)F)cc2)[C@@H](C(=O)O)C1.CCCc1ccc(CNC(=O)[C@H]2CN(C(=O)OC(C)(C)C)CCN2S(=O)(=O)c2ccc(OC(F)(F)F)cc2)cc1.CCCc1ccc(CNC(=O)[C@H]2CNCCN2S(=O)(=O)c2ccc(OC(F)(F)F)cc2)cc1. The van der Waals surface area contributed by atoms with Crippen molar-refractivity contribution in [1.82, 2.24) is 38.7 Å². The number of piperazine rings is 3. The molecule has 0 spiro atoms. The molecule has 25 nitrogen and oxygen atoms in total. The molecule has 5 aromatic carbocycles. The summed E-state index contributed by atoms with van der Waals surface area (Å²) in [5.41, 5.74) is 2.43. The summed E-state index contributed by atoms with van der Waals surface area (Å²) in [6.07, 6.45) is -12.3. The minimum absolute atomic E-state index is 0.0485. The molecule has 3 atom stereocenters. The maximum atomic E-state index is 13.5. The molecule has 0 unspecified atom stereocenters. The van der Waals surface area contributed by atoms with Gasteiger partial charge in [0.05, 0.1) is 21.2 Å². The molecule has 0 saturated carbocycles. The molecule has 0 bridgehead atoms. The Morgan fingerprint density at radius 3 is 1.06 bits per heavy atom. The first kappa shape index (κ1) is 83.5. The number of nitrogens with zero attached hydrogens (tertiary/aromatic N) is 5. The Bertz CT molecular complexity index is 4040. The van der Waals surface area contributed by atoms with Crippen LogP contribution in [0.1, 0.15) is 90.5 Å². The number of carbonyl (C=O) groups excluding carboxylic acids is 4. The minimum Gasteiger partial charge on any atom is -0.480 e. The smallest absolute Gasteiger partial charge is 0.480 e. The lowest BCUT2D eigenvalue weighted by Crippen LogP contribution is -2.61. The van der Waals surface area contributed by atoms with E-state index < -0.39 is 137 Å². The van der Waals surface area contributed by atoms with E-state index in [1.54, 1.807) is 41.5 Å². The zero-order valence-electron chi connectivity index (χ0n) is 57.2. The molecule has 0 aromatic heterocycles. The van der Waals surface area contributed by atoms with Crippen molar-refractivity contribution >= 4 is 60.0 Å². The van der Waals surface area contributed by atoms with Crippen LogP contribution in [0.15, 0.2) is 136 Å². The average molecular weight is 1530 g/mol. The summed E-state index contributed by atoms with van der Waals surface area (Å²) in [5.74, 6) is -4.30. The molecule has 3 fully saturated rings. The summed E-state index contributed by atoms with van der Waals surface area (Å²) in [4.78, 5) is 64.2. The highest BCUT2D eigenvalue weighted by molar-refractivity contribution is 7.89. The zero-order chi connectivity index (χ0) is 76.7. The van der Waals surface area contributed by atoms with Gasteiger partial charge in [0.1, 0.15) is 46.6 Å². The fraction of sp³-hybridized carbons (Fsp3) is 0.470. The number of carboxylic acids is 1. The van der Waals surface area contributed by atoms with Crippen molar-refractivity contribution in [2.75, 3.05) is 58.9 Å². The first-order chi connectivity index (χ1) is 47.8. The average Bonchev–Trinajstić information content (AvgIpc) is 0.788. The lowest BCUT2D eigenvalue weighted by atomic mass is 10.1. The molecule has 103 heavy (non-hydrogen) atoms. The second-order valence-electron chi connectivity index (χ2n) is 25.4. The Labute approximate surface area is 590 Å². The third kappa shape index (κ3) is 25.4. The van der Waals surface area contributed by atoms with Crippen molar-refractivity contribution in [2.45, 2.75) is 157 Å². The number of aliphatic carboxylic acids is 1. The number of carbonyl (C=O) groups is 5. The first-order valence-electron chi connectivity index (χ1n) is 32.0. The van der Waals surface area contributed by atoms with E-state index in [9.17, 15) is 93.8 Å². The summed E-state index contributed by atoms with van der Waals surface area (Å²) >= 11 is 0. The number of aryl methyl sites for hydroxylation is 2. The van der Waals surface area contributed by atoms with Crippen molar-refractivity contribution < 1.29 is 118 Å². The fourth-order valence-electron chi connectivity index (χ4n) is 10.4. The number of rotatable bonds is 20. The van der Waals surface area contributed by atoms with Gasteiger partial charge in [0.2, 0.25) is 41.9 Å². The van der Waals surface area contributed by atoms with Crippen molar-refractivity contribution in [3.63, 3.8) is 0 Å². The van der Waals surface area contributed by atoms with Gasteiger partial charge in [-0.2, -0.15) is 12.9 Å². The van der Waals surface area contributed by atoms with E-state index in [0.29, 0.717) is 10.8 Å². The molecular weight excluding hydrogens is 1440 g/mol. The summed E-state index contributed by atoms with van der Waals surface area (Å²) in [5, 5.41) is 18.0. The normalized spacial score (nSPS) is 17.6. The lowest BCUT2D eigenvalue weighted by molar-refractivity contribution is -0.275. The third-order valence-corrected chi connectivity index (χ3v) is 20.9. The first-order valence-corrected chi connectivity index (χ1v) is 36.3.